The maximum absolute atomic E-state index is 13.4. The molecule has 2 aliphatic rings. The standard InChI is InChI=1S/C20H24ClN5O6S/c21-17-16(14-22-26(18(17)27)15-4-2-1-3-5-15)24-8-10-25(11-9-24)33(30,31)20(19(28)23-29)6-12-32-13-7-20/h1-5,14,29H,6-13H2,(H,23,28). The number of nitrogens with zero attached hydrogens (tertiary/aromatic N) is 4. The lowest BCUT2D eigenvalue weighted by atomic mass is 9.98. The number of hydrogen-bond donors (Lipinski definition) is 2. The van der Waals surface area contributed by atoms with Crippen LogP contribution in [0.4, 0.5) is 5.69 Å². The second kappa shape index (κ2) is 9.39. The topological polar surface area (TPSA) is 134 Å². The average Bonchev–Trinajstić information content (AvgIpc) is 2.86. The summed E-state index contributed by atoms with van der Waals surface area (Å²) >= 11 is 6.37. The van der Waals surface area contributed by atoms with Crippen molar-refractivity contribution in [1.29, 1.82) is 0 Å². The summed E-state index contributed by atoms with van der Waals surface area (Å²) in [5, 5.41) is 13.4. The van der Waals surface area contributed by atoms with E-state index in [1.54, 1.807) is 29.2 Å². The highest BCUT2D eigenvalue weighted by Gasteiger charge is 2.54. The molecule has 0 atom stereocenters. The van der Waals surface area contributed by atoms with Gasteiger partial charge in [0, 0.05) is 52.2 Å². The summed E-state index contributed by atoms with van der Waals surface area (Å²) < 4.78 is 32.7. The van der Waals surface area contributed by atoms with Crippen LogP contribution in [0.25, 0.3) is 5.69 Å². The van der Waals surface area contributed by atoms with Crippen molar-refractivity contribution in [3.05, 3.63) is 51.9 Å². The predicted molar refractivity (Wildman–Crippen MR) is 120 cm³/mol. The molecule has 2 saturated heterocycles. The van der Waals surface area contributed by atoms with Gasteiger partial charge in [-0.1, -0.05) is 29.8 Å². The second-order valence-electron chi connectivity index (χ2n) is 7.84. The van der Waals surface area contributed by atoms with E-state index in [1.807, 2.05) is 6.07 Å². The molecule has 4 rings (SSSR count). The molecule has 0 saturated carbocycles. The molecular weight excluding hydrogens is 474 g/mol. The van der Waals surface area contributed by atoms with Crippen molar-refractivity contribution in [2.24, 2.45) is 0 Å². The van der Waals surface area contributed by atoms with Gasteiger partial charge in [-0.05, 0) is 12.1 Å². The summed E-state index contributed by atoms with van der Waals surface area (Å²) in [7, 11) is -4.08. The van der Waals surface area contributed by atoms with Crippen molar-refractivity contribution >= 4 is 33.2 Å². The number of para-hydroxylation sites is 1. The molecule has 33 heavy (non-hydrogen) atoms. The molecule has 1 amide bonds. The maximum atomic E-state index is 13.4. The lowest BCUT2D eigenvalue weighted by Crippen LogP contribution is -2.62. The number of nitrogens with one attached hydrogen (secondary N) is 1. The Bertz CT molecular complexity index is 1180. The fraction of sp³-hybridized carbons (Fsp3) is 0.450. The van der Waals surface area contributed by atoms with Gasteiger partial charge in [-0.25, -0.2) is 13.9 Å². The van der Waals surface area contributed by atoms with Crippen LogP contribution in [0.3, 0.4) is 0 Å². The monoisotopic (exact) mass is 497 g/mol. The number of benzene rings is 1. The quantitative estimate of drug-likeness (QED) is 0.447. The van der Waals surface area contributed by atoms with Crippen molar-refractivity contribution in [2.75, 3.05) is 44.3 Å². The number of ether oxygens (including phenoxy) is 1. The third-order valence-corrected chi connectivity index (χ3v) is 9.11. The van der Waals surface area contributed by atoms with Crippen molar-refractivity contribution in [1.82, 2.24) is 19.6 Å². The minimum absolute atomic E-state index is 0.00859. The van der Waals surface area contributed by atoms with Gasteiger partial charge in [0.2, 0.25) is 10.0 Å². The first kappa shape index (κ1) is 23.6. The Labute approximate surface area is 195 Å². The van der Waals surface area contributed by atoms with E-state index in [9.17, 15) is 23.2 Å². The van der Waals surface area contributed by atoms with Crippen LogP contribution >= 0.6 is 11.6 Å². The maximum Gasteiger partial charge on any atom is 0.292 e. The number of carbonyl (C=O) groups excluding carboxylic acids is 1. The molecule has 1 aromatic carbocycles. The lowest BCUT2D eigenvalue weighted by Gasteiger charge is -2.41. The van der Waals surface area contributed by atoms with Gasteiger partial charge in [0.15, 0.2) is 4.75 Å². The van der Waals surface area contributed by atoms with E-state index in [2.05, 4.69) is 5.10 Å². The molecule has 0 aliphatic carbocycles. The van der Waals surface area contributed by atoms with Crippen LogP contribution in [0.5, 0.6) is 0 Å². The first-order chi connectivity index (χ1) is 15.8. The molecule has 0 spiro atoms. The zero-order chi connectivity index (χ0) is 23.6. The lowest BCUT2D eigenvalue weighted by molar-refractivity contribution is -0.134. The number of halogens is 1. The molecule has 0 unspecified atom stereocenters. The summed E-state index contributed by atoms with van der Waals surface area (Å²) in [6.07, 6.45) is 1.39. The zero-order valence-electron chi connectivity index (χ0n) is 17.7. The smallest absolute Gasteiger partial charge is 0.292 e. The second-order valence-corrected chi connectivity index (χ2v) is 10.5. The number of anilines is 1. The van der Waals surface area contributed by atoms with Crippen molar-refractivity contribution in [3.8, 4) is 5.69 Å². The van der Waals surface area contributed by atoms with E-state index in [-0.39, 0.29) is 57.3 Å². The van der Waals surface area contributed by atoms with Gasteiger partial charge in [-0.3, -0.25) is 14.8 Å². The summed E-state index contributed by atoms with van der Waals surface area (Å²) in [4.78, 5) is 27.0. The molecular formula is C20H24ClN5O6S. The van der Waals surface area contributed by atoms with Crippen LogP contribution < -0.4 is 15.9 Å². The summed E-state index contributed by atoms with van der Waals surface area (Å²) in [6, 6.07) is 8.87. The van der Waals surface area contributed by atoms with Crippen molar-refractivity contribution in [3.63, 3.8) is 0 Å². The number of carbonyl (C=O) groups is 1. The minimum Gasteiger partial charge on any atom is -0.381 e. The number of amides is 1. The van der Waals surface area contributed by atoms with Gasteiger partial charge in [0.05, 0.1) is 17.6 Å². The molecule has 3 heterocycles. The van der Waals surface area contributed by atoms with Crippen LogP contribution in [0, 0.1) is 0 Å². The molecule has 1 aromatic heterocycles. The highest BCUT2D eigenvalue weighted by molar-refractivity contribution is 7.91. The molecule has 2 N–H and O–H groups in total. The summed E-state index contributed by atoms with van der Waals surface area (Å²) in [5.41, 5.74) is 2.03. The first-order valence-corrected chi connectivity index (χ1v) is 12.2. The van der Waals surface area contributed by atoms with Gasteiger partial charge in [-0.15, -0.1) is 0 Å². The van der Waals surface area contributed by atoms with Gasteiger partial charge >= 0.3 is 0 Å². The Morgan fingerprint density at radius 2 is 1.76 bits per heavy atom. The van der Waals surface area contributed by atoms with Crippen LogP contribution in [0.2, 0.25) is 5.02 Å². The number of aromatic nitrogens is 2. The fourth-order valence-corrected chi connectivity index (χ4v) is 6.57. The highest BCUT2D eigenvalue weighted by Crippen LogP contribution is 2.34. The molecule has 0 radical (unpaired) electrons. The van der Waals surface area contributed by atoms with E-state index in [4.69, 9.17) is 16.3 Å². The summed E-state index contributed by atoms with van der Waals surface area (Å²) in [5.74, 6) is -0.954. The number of hydroxylamine groups is 1. The van der Waals surface area contributed by atoms with E-state index in [1.165, 1.54) is 20.7 Å². The molecule has 0 bridgehead atoms. The number of piperazine rings is 1. The van der Waals surface area contributed by atoms with Gasteiger partial charge < -0.3 is 9.64 Å². The Balaban J connectivity index is 1.54. The van der Waals surface area contributed by atoms with E-state index in [0.717, 1.165) is 0 Å². The van der Waals surface area contributed by atoms with Crippen LogP contribution in [-0.4, -0.2) is 77.8 Å². The molecule has 178 valence electrons. The molecule has 2 fully saturated rings. The molecule has 11 nitrogen and oxygen atoms in total. The number of rotatable bonds is 5. The zero-order valence-corrected chi connectivity index (χ0v) is 19.3. The van der Waals surface area contributed by atoms with Crippen LogP contribution in [0.15, 0.2) is 41.3 Å². The third-order valence-electron chi connectivity index (χ3n) is 6.13. The Kier molecular flexibility index (Phi) is 6.73. The Morgan fingerprint density at radius 3 is 2.36 bits per heavy atom. The van der Waals surface area contributed by atoms with Gasteiger partial charge in [-0.2, -0.15) is 14.1 Å². The highest BCUT2D eigenvalue weighted by atomic mass is 35.5. The van der Waals surface area contributed by atoms with Crippen LogP contribution in [0.1, 0.15) is 12.8 Å². The number of hydrogen-bond acceptors (Lipinski definition) is 8. The fourth-order valence-electron chi connectivity index (χ4n) is 4.22. The minimum atomic E-state index is -4.08. The SMILES string of the molecule is O=C(NO)C1(S(=O)(=O)N2CCN(c3cnn(-c4ccccc4)c(=O)c3Cl)CC2)CCOCC1. The van der Waals surface area contributed by atoms with E-state index < -0.39 is 26.2 Å². The normalized spacial score (nSPS) is 19.3. The largest absolute Gasteiger partial charge is 0.381 e. The first-order valence-electron chi connectivity index (χ1n) is 10.4. The Morgan fingerprint density at radius 1 is 1.12 bits per heavy atom. The van der Waals surface area contributed by atoms with E-state index >= 15 is 0 Å². The molecule has 2 aromatic rings. The predicted octanol–water partition coefficient (Wildman–Crippen LogP) is 0.392. The van der Waals surface area contributed by atoms with Crippen molar-refractivity contribution < 1.29 is 23.2 Å². The Hall–Kier alpha value is -2.51. The molecule has 2 aliphatic heterocycles. The van der Waals surface area contributed by atoms with Crippen LogP contribution in [-0.2, 0) is 19.6 Å². The summed E-state index contributed by atoms with van der Waals surface area (Å²) in [6.45, 7) is 0.881. The van der Waals surface area contributed by atoms with Gasteiger partial charge in [0.1, 0.15) is 5.02 Å². The van der Waals surface area contributed by atoms with Crippen molar-refractivity contribution in [2.45, 2.75) is 17.6 Å². The van der Waals surface area contributed by atoms with Gasteiger partial charge in [0.25, 0.3) is 11.5 Å². The van der Waals surface area contributed by atoms with E-state index in [0.29, 0.717) is 11.4 Å². The number of sulfonamides is 1. The third kappa shape index (κ3) is 4.13. The average molecular weight is 498 g/mol. The molecule has 13 heteroatoms.